The van der Waals surface area contributed by atoms with E-state index in [1.807, 2.05) is 18.2 Å². The molecule has 3 N–H and O–H groups in total. The van der Waals surface area contributed by atoms with Gasteiger partial charge in [0.1, 0.15) is 6.04 Å². The lowest BCUT2D eigenvalue weighted by molar-refractivity contribution is -0.116. The molecule has 3 atom stereocenters. The summed E-state index contributed by atoms with van der Waals surface area (Å²) in [5, 5.41) is 2.84. The number of nitrogens with one attached hydrogen (secondary N) is 1. The van der Waals surface area contributed by atoms with Crippen LogP contribution in [0.2, 0.25) is 0 Å². The Balaban J connectivity index is 1.82. The molecule has 0 bridgehead atoms. The van der Waals surface area contributed by atoms with Gasteiger partial charge in [-0.25, -0.2) is 0 Å². The van der Waals surface area contributed by atoms with Gasteiger partial charge in [-0.1, -0.05) is 13.0 Å². The number of piperidine rings is 1. The minimum atomic E-state index is -0.535. The highest BCUT2D eigenvalue weighted by Gasteiger charge is 2.29. The van der Waals surface area contributed by atoms with E-state index in [1.54, 1.807) is 7.11 Å². The number of benzene rings is 1. The number of amides is 1. The molecule has 20 heavy (non-hydrogen) atoms. The standard InChI is InChI=1S/C15H21N3O2/c1-9-5-6-18(8-13(9)20-2)10-3-4-11-12(7-10)17-15(19)14(11)16/h3-4,7,9,13-14H,5-6,8,16H2,1-2H3,(H,17,19). The molecule has 2 aliphatic rings. The van der Waals surface area contributed by atoms with Crippen LogP contribution < -0.4 is 16.0 Å². The summed E-state index contributed by atoms with van der Waals surface area (Å²) in [4.78, 5) is 13.9. The fourth-order valence-electron chi connectivity index (χ4n) is 3.05. The van der Waals surface area contributed by atoms with Crippen molar-refractivity contribution in [3.63, 3.8) is 0 Å². The number of nitrogens with zero attached hydrogens (tertiary/aromatic N) is 1. The monoisotopic (exact) mass is 275 g/mol. The number of hydrogen-bond donors (Lipinski definition) is 2. The van der Waals surface area contributed by atoms with Crippen molar-refractivity contribution in [3.05, 3.63) is 23.8 Å². The van der Waals surface area contributed by atoms with Crippen molar-refractivity contribution in [2.24, 2.45) is 11.7 Å². The molecule has 5 heteroatoms. The number of methoxy groups -OCH3 is 1. The quantitative estimate of drug-likeness (QED) is 0.858. The summed E-state index contributed by atoms with van der Waals surface area (Å²) in [5.74, 6) is 0.456. The maximum Gasteiger partial charge on any atom is 0.245 e. The summed E-state index contributed by atoms with van der Waals surface area (Å²) in [5.41, 5.74) is 8.67. The van der Waals surface area contributed by atoms with Crippen molar-refractivity contribution in [2.75, 3.05) is 30.4 Å². The van der Waals surface area contributed by atoms with Crippen molar-refractivity contribution < 1.29 is 9.53 Å². The van der Waals surface area contributed by atoms with Gasteiger partial charge in [-0.3, -0.25) is 4.79 Å². The van der Waals surface area contributed by atoms with Gasteiger partial charge in [0.25, 0.3) is 0 Å². The zero-order valence-electron chi connectivity index (χ0n) is 11.9. The number of hydrogen-bond acceptors (Lipinski definition) is 4. The molecule has 0 spiro atoms. The average molecular weight is 275 g/mol. The van der Waals surface area contributed by atoms with E-state index < -0.39 is 6.04 Å². The molecule has 1 saturated heterocycles. The second-order valence-corrected chi connectivity index (χ2v) is 5.72. The van der Waals surface area contributed by atoms with Crippen LogP contribution >= 0.6 is 0 Å². The van der Waals surface area contributed by atoms with Crippen LogP contribution in [0.15, 0.2) is 18.2 Å². The summed E-state index contributed by atoms with van der Waals surface area (Å²) in [6, 6.07) is 5.48. The molecule has 2 aliphatic heterocycles. The van der Waals surface area contributed by atoms with Gasteiger partial charge in [0.15, 0.2) is 0 Å². The van der Waals surface area contributed by atoms with E-state index in [9.17, 15) is 4.79 Å². The number of carbonyl (C=O) groups is 1. The Bertz CT molecular complexity index is 532. The third kappa shape index (κ3) is 2.17. The predicted octanol–water partition coefficient (Wildman–Crippen LogP) is 1.50. The number of carbonyl (C=O) groups excluding carboxylic acids is 1. The van der Waals surface area contributed by atoms with Gasteiger partial charge < -0.3 is 20.7 Å². The Labute approximate surface area is 119 Å². The SMILES string of the molecule is COC1CN(c2ccc3c(c2)NC(=O)C3N)CCC1C. The first-order valence-electron chi connectivity index (χ1n) is 7.08. The first-order valence-corrected chi connectivity index (χ1v) is 7.08. The van der Waals surface area contributed by atoms with Crippen LogP contribution in [0.3, 0.4) is 0 Å². The highest BCUT2D eigenvalue weighted by Crippen LogP contribution is 2.34. The molecule has 3 unspecified atom stereocenters. The summed E-state index contributed by atoms with van der Waals surface area (Å²) in [6.07, 6.45) is 1.37. The molecular weight excluding hydrogens is 254 g/mol. The van der Waals surface area contributed by atoms with Gasteiger partial charge >= 0.3 is 0 Å². The van der Waals surface area contributed by atoms with E-state index in [0.717, 1.165) is 36.4 Å². The number of nitrogens with two attached hydrogens (primary N) is 1. The van der Waals surface area contributed by atoms with Crippen molar-refractivity contribution in [2.45, 2.75) is 25.5 Å². The number of rotatable bonds is 2. The summed E-state index contributed by atoms with van der Waals surface area (Å²) < 4.78 is 5.55. The Hall–Kier alpha value is -1.59. The Kier molecular flexibility index (Phi) is 3.40. The van der Waals surface area contributed by atoms with Gasteiger partial charge in [0, 0.05) is 37.1 Å². The fraction of sp³-hybridized carbons (Fsp3) is 0.533. The molecule has 3 rings (SSSR count). The van der Waals surface area contributed by atoms with Crippen molar-refractivity contribution in [1.82, 2.24) is 0 Å². The second-order valence-electron chi connectivity index (χ2n) is 5.72. The maximum atomic E-state index is 11.6. The highest BCUT2D eigenvalue weighted by atomic mass is 16.5. The van der Waals surface area contributed by atoms with Crippen LogP contribution in [0.4, 0.5) is 11.4 Å². The minimum absolute atomic E-state index is 0.126. The zero-order valence-corrected chi connectivity index (χ0v) is 11.9. The fourth-order valence-corrected chi connectivity index (χ4v) is 3.05. The summed E-state index contributed by atoms with van der Waals surface area (Å²) in [6.45, 7) is 4.13. The van der Waals surface area contributed by atoms with Gasteiger partial charge in [-0.15, -0.1) is 0 Å². The molecule has 1 aromatic rings. The Morgan fingerprint density at radius 2 is 2.25 bits per heavy atom. The van der Waals surface area contributed by atoms with E-state index in [1.165, 1.54) is 0 Å². The lowest BCUT2D eigenvalue weighted by atomic mass is 9.95. The lowest BCUT2D eigenvalue weighted by Crippen LogP contribution is -2.43. The molecule has 0 aliphatic carbocycles. The van der Waals surface area contributed by atoms with Crippen molar-refractivity contribution in [3.8, 4) is 0 Å². The minimum Gasteiger partial charge on any atom is -0.379 e. The summed E-state index contributed by atoms with van der Waals surface area (Å²) in [7, 11) is 1.77. The topological polar surface area (TPSA) is 67.6 Å². The van der Waals surface area contributed by atoms with Crippen LogP contribution in [-0.4, -0.2) is 32.2 Å². The van der Waals surface area contributed by atoms with E-state index in [0.29, 0.717) is 5.92 Å². The average Bonchev–Trinajstić information content (AvgIpc) is 2.74. The Morgan fingerprint density at radius 3 is 3.00 bits per heavy atom. The molecule has 1 fully saturated rings. The molecule has 5 nitrogen and oxygen atoms in total. The first kappa shape index (κ1) is 13.4. The second kappa shape index (κ2) is 5.07. The van der Waals surface area contributed by atoms with Crippen LogP contribution in [-0.2, 0) is 9.53 Å². The van der Waals surface area contributed by atoms with E-state index >= 15 is 0 Å². The van der Waals surface area contributed by atoms with Crippen LogP contribution in [0.1, 0.15) is 24.9 Å². The van der Waals surface area contributed by atoms with Crippen LogP contribution in [0.5, 0.6) is 0 Å². The van der Waals surface area contributed by atoms with Crippen LogP contribution in [0.25, 0.3) is 0 Å². The van der Waals surface area contributed by atoms with Gasteiger partial charge in [-0.05, 0) is 24.5 Å². The molecule has 0 saturated carbocycles. The van der Waals surface area contributed by atoms with Crippen molar-refractivity contribution in [1.29, 1.82) is 0 Å². The van der Waals surface area contributed by atoms with Gasteiger partial charge in [0.2, 0.25) is 5.91 Å². The molecule has 108 valence electrons. The predicted molar refractivity (Wildman–Crippen MR) is 78.8 cm³/mol. The van der Waals surface area contributed by atoms with Gasteiger partial charge in [-0.2, -0.15) is 0 Å². The molecular formula is C15H21N3O2. The van der Waals surface area contributed by atoms with Crippen molar-refractivity contribution >= 4 is 17.3 Å². The largest absolute Gasteiger partial charge is 0.379 e. The van der Waals surface area contributed by atoms with Crippen LogP contribution in [0, 0.1) is 5.92 Å². The van der Waals surface area contributed by atoms with E-state index in [2.05, 4.69) is 17.1 Å². The zero-order chi connectivity index (χ0) is 14.3. The molecule has 0 aromatic heterocycles. The maximum absolute atomic E-state index is 11.6. The third-order valence-corrected chi connectivity index (χ3v) is 4.47. The lowest BCUT2D eigenvalue weighted by Gasteiger charge is -2.37. The highest BCUT2D eigenvalue weighted by molar-refractivity contribution is 6.02. The number of ether oxygens (including phenoxy) is 1. The number of fused-ring (bicyclic) bond motifs is 1. The molecule has 1 aromatic carbocycles. The number of anilines is 2. The molecule has 1 amide bonds. The smallest absolute Gasteiger partial charge is 0.245 e. The summed E-state index contributed by atoms with van der Waals surface area (Å²) >= 11 is 0. The molecule has 2 heterocycles. The van der Waals surface area contributed by atoms with E-state index in [-0.39, 0.29) is 12.0 Å². The third-order valence-electron chi connectivity index (χ3n) is 4.47. The first-order chi connectivity index (χ1) is 9.60. The van der Waals surface area contributed by atoms with Gasteiger partial charge in [0.05, 0.1) is 6.10 Å². The normalized spacial score (nSPS) is 29.2. The van der Waals surface area contributed by atoms with E-state index in [4.69, 9.17) is 10.5 Å². The Morgan fingerprint density at radius 1 is 1.45 bits per heavy atom. The molecule has 0 radical (unpaired) electrons.